The van der Waals surface area contributed by atoms with Crippen LogP contribution < -0.4 is 0 Å². The van der Waals surface area contributed by atoms with Gasteiger partial charge in [0, 0.05) is 18.6 Å². The minimum atomic E-state index is -0.604. The third-order valence-corrected chi connectivity index (χ3v) is 3.59. The van der Waals surface area contributed by atoms with Crippen molar-refractivity contribution in [2.75, 3.05) is 13.7 Å². The van der Waals surface area contributed by atoms with Crippen molar-refractivity contribution in [2.45, 2.75) is 6.54 Å². The Balaban J connectivity index is 1.86. The predicted molar refractivity (Wildman–Crippen MR) is 89.4 cm³/mol. The molecule has 0 aliphatic rings. The zero-order valence-corrected chi connectivity index (χ0v) is 13.8. The second kappa shape index (κ2) is 8.14. The lowest BCUT2D eigenvalue weighted by molar-refractivity contribution is -0.133. The quantitative estimate of drug-likeness (QED) is 0.783. The molecule has 0 fully saturated rings. The van der Waals surface area contributed by atoms with Crippen molar-refractivity contribution in [3.05, 3.63) is 70.2 Å². The largest absolute Gasteiger partial charge is 0.452 e. The van der Waals surface area contributed by atoms with Crippen LogP contribution in [-0.4, -0.2) is 30.4 Å². The molecule has 0 N–H and O–H groups in total. The highest BCUT2D eigenvalue weighted by atomic mass is 35.5. The molecular weight excluding hydrogens is 328 g/mol. The molecule has 2 aromatic carbocycles. The monoisotopic (exact) mass is 342 g/mol. The molecule has 24 heavy (non-hydrogen) atoms. The van der Waals surface area contributed by atoms with Crippen LogP contribution >= 0.6 is 11.6 Å². The average molecular weight is 343 g/mol. The number of rotatable bonds is 5. The van der Waals surface area contributed by atoms with Crippen LogP contribution in [0.5, 0.6) is 0 Å². The standard InChI is InChI=1S/C18H15ClN2O3/c1-21(11-14-4-8-16(19)9-5-14)17(22)12-24-18(23)15-6-2-13(10-20)3-7-15/h2-9H,11-12H2,1H3. The van der Waals surface area contributed by atoms with E-state index in [2.05, 4.69) is 0 Å². The average Bonchev–Trinajstić information content (AvgIpc) is 2.61. The highest BCUT2D eigenvalue weighted by Gasteiger charge is 2.14. The number of benzene rings is 2. The Morgan fingerprint density at radius 2 is 1.75 bits per heavy atom. The van der Waals surface area contributed by atoms with Crippen LogP contribution in [0.15, 0.2) is 48.5 Å². The lowest BCUT2D eigenvalue weighted by Crippen LogP contribution is -2.30. The number of halogens is 1. The minimum Gasteiger partial charge on any atom is -0.452 e. The first-order valence-corrected chi connectivity index (χ1v) is 7.53. The summed E-state index contributed by atoms with van der Waals surface area (Å²) in [6.07, 6.45) is 0. The predicted octanol–water partition coefficient (Wildman–Crippen LogP) is 3.03. The summed E-state index contributed by atoms with van der Waals surface area (Å²) in [5, 5.41) is 9.35. The molecule has 2 rings (SSSR count). The molecule has 6 heteroatoms. The lowest BCUT2D eigenvalue weighted by Gasteiger charge is -2.17. The number of likely N-dealkylation sites (N-methyl/N-ethyl adjacent to an activating group) is 1. The SMILES string of the molecule is CN(Cc1ccc(Cl)cc1)C(=O)COC(=O)c1ccc(C#N)cc1. The van der Waals surface area contributed by atoms with E-state index in [0.717, 1.165) is 5.56 Å². The Kier molecular flexibility index (Phi) is 5.94. The Bertz CT molecular complexity index is 764. The Morgan fingerprint density at radius 3 is 2.33 bits per heavy atom. The van der Waals surface area contributed by atoms with Crippen molar-refractivity contribution in [3.8, 4) is 6.07 Å². The van der Waals surface area contributed by atoms with Gasteiger partial charge in [-0.25, -0.2) is 4.79 Å². The van der Waals surface area contributed by atoms with E-state index >= 15 is 0 Å². The molecule has 0 radical (unpaired) electrons. The van der Waals surface area contributed by atoms with Crippen molar-refractivity contribution in [1.29, 1.82) is 5.26 Å². The van der Waals surface area contributed by atoms with Gasteiger partial charge >= 0.3 is 5.97 Å². The number of esters is 1. The van der Waals surface area contributed by atoms with E-state index < -0.39 is 5.97 Å². The third-order valence-electron chi connectivity index (χ3n) is 3.34. The van der Waals surface area contributed by atoms with Crippen molar-refractivity contribution in [2.24, 2.45) is 0 Å². The Labute approximate surface area is 145 Å². The fourth-order valence-electron chi connectivity index (χ4n) is 1.95. The van der Waals surface area contributed by atoms with E-state index in [1.165, 1.54) is 29.2 Å². The van der Waals surface area contributed by atoms with Crippen LogP contribution in [0.4, 0.5) is 0 Å². The maximum absolute atomic E-state index is 12.0. The number of hydrogen-bond donors (Lipinski definition) is 0. The molecule has 0 spiro atoms. The summed E-state index contributed by atoms with van der Waals surface area (Å²) in [5.41, 5.74) is 1.67. The summed E-state index contributed by atoms with van der Waals surface area (Å²) in [6.45, 7) is 0.0490. The number of ether oxygens (including phenoxy) is 1. The zero-order valence-electron chi connectivity index (χ0n) is 13.0. The Morgan fingerprint density at radius 1 is 1.12 bits per heavy atom. The van der Waals surface area contributed by atoms with Crippen LogP contribution in [0.1, 0.15) is 21.5 Å². The maximum Gasteiger partial charge on any atom is 0.338 e. The molecule has 0 atom stereocenters. The molecule has 0 bridgehead atoms. The smallest absolute Gasteiger partial charge is 0.338 e. The van der Waals surface area contributed by atoms with Crippen molar-refractivity contribution in [3.63, 3.8) is 0 Å². The van der Waals surface area contributed by atoms with Gasteiger partial charge in [-0.05, 0) is 42.0 Å². The van der Waals surface area contributed by atoms with E-state index in [4.69, 9.17) is 21.6 Å². The summed E-state index contributed by atoms with van der Waals surface area (Å²) in [5.74, 6) is -0.917. The van der Waals surface area contributed by atoms with Crippen molar-refractivity contribution in [1.82, 2.24) is 4.90 Å². The highest BCUT2D eigenvalue weighted by Crippen LogP contribution is 2.11. The number of nitrogens with zero attached hydrogens (tertiary/aromatic N) is 2. The van der Waals surface area contributed by atoms with Crippen LogP contribution in [-0.2, 0) is 16.1 Å². The molecule has 0 heterocycles. The maximum atomic E-state index is 12.0. The van der Waals surface area contributed by atoms with E-state index in [9.17, 15) is 9.59 Å². The van der Waals surface area contributed by atoms with Gasteiger partial charge in [-0.1, -0.05) is 23.7 Å². The normalized spacial score (nSPS) is 9.88. The molecule has 0 saturated carbocycles. The van der Waals surface area contributed by atoms with Gasteiger partial charge in [0.2, 0.25) is 0 Å². The molecular formula is C18H15ClN2O3. The summed E-state index contributed by atoms with van der Waals surface area (Å²) in [7, 11) is 1.63. The lowest BCUT2D eigenvalue weighted by atomic mass is 10.1. The highest BCUT2D eigenvalue weighted by molar-refractivity contribution is 6.30. The van der Waals surface area contributed by atoms with Gasteiger partial charge in [-0.3, -0.25) is 4.79 Å². The molecule has 0 aliphatic carbocycles. The summed E-state index contributed by atoms with van der Waals surface area (Å²) < 4.78 is 5.01. The van der Waals surface area contributed by atoms with E-state index in [1.807, 2.05) is 18.2 Å². The summed E-state index contributed by atoms with van der Waals surface area (Å²) in [4.78, 5) is 25.4. The van der Waals surface area contributed by atoms with E-state index in [0.29, 0.717) is 22.7 Å². The van der Waals surface area contributed by atoms with Crippen LogP contribution in [0.3, 0.4) is 0 Å². The summed E-state index contributed by atoms with van der Waals surface area (Å²) in [6, 6.07) is 15.1. The van der Waals surface area contributed by atoms with Gasteiger partial charge in [0.1, 0.15) is 0 Å². The topological polar surface area (TPSA) is 70.4 Å². The molecule has 122 valence electrons. The zero-order chi connectivity index (χ0) is 17.5. The number of carbonyl (C=O) groups excluding carboxylic acids is 2. The molecule has 1 amide bonds. The molecule has 0 aliphatic heterocycles. The van der Waals surface area contributed by atoms with Gasteiger partial charge in [-0.15, -0.1) is 0 Å². The fourth-order valence-corrected chi connectivity index (χ4v) is 2.08. The number of nitriles is 1. The summed E-state index contributed by atoms with van der Waals surface area (Å²) >= 11 is 5.82. The van der Waals surface area contributed by atoms with Gasteiger partial charge in [0.15, 0.2) is 6.61 Å². The third kappa shape index (κ3) is 4.83. The molecule has 0 unspecified atom stereocenters. The first-order chi connectivity index (χ1) is 11.5. The second-order valence-corrected chi connectivity index (χ2v) is 5.58. The number of carbonyl (C=O) groups is 2. The second-order valence-electron chi connectivity index (χ2n) is 5.14. The van der Waals surface area contributed by atoms with Gasteiger partial charge in [-0.2, -0.15) is 5.26 Å². The van der Waals surface area contributed by atoms with Crippen LogP contribution in [0.25, 0.3) is 0 Å². The molecule has 0 saturated heterocycles. The number of amides is 1. The van der Waals surface area contributed by atoms with Crippen LogP contribution in [0.2, 0.25) is 5.02 Å². The van der Waals surface area contributed by atoms with E-state index in [1.54, 1.807) is 19.2 Å². The van der Waals surface area contributed by atoms with Gasteiger partial charge < -0.3 is 9.64 Å². The van der Waals surface area contributed by atoms with Crippen molar-refractivity contribution >= 4 is 23.5 Å². The molecule has 2 aromatic rings. The molecule has 0 aromatic heterocycles. The van der Waals surface area contributed by atoms with Crippen LogP contribution in [0, 0.1) is 11.3 Å². The first-order valence-electron chi connectivity index (χ1n) is 7.15. The number of hydrogen-bond acceptors (Lipinski definition) is 4. The van der Waals surface area contributed by atoms with Gasteiger partial charge in [0.25, 0.3) is 5.91 Å². The van der Waals surface area contributed by atoms with Gasteiger partial charge in [0.05, 0.1) is 17.2 Å². The van der Waals surface area contributed by atoms with E-state index in [-0.39, 0.29) is 12.5 Å². The minimum absolute atomic E-state index is 0.294. The first kappa shape index (κ1) is 17.5. The van der Waals surface area contributed by atoms with Crippen molar-refractivity contribution < 1.29 is 14.3 Å². The Hall–Kier alpha value is -2.84. The fraction of sp³-hybridized carbons (Fsp3) is 0.167. The molecule has 5 nitrogen and oxygen atoms in total.